The number of anilines is 1. The Bertz CT molecular complexity index is 1560. The number of phosphoric acid groups is 1. The van der Waals surface area contributed by atoms with Gasteiger partial charge in [-0.25, -0.2) is 14.5 Å². The smallest absolute Gasteiger partial charge is 0.471 e. The second-order valence-electron chi connectivity index (χ2n) is 9.06. The summed E-state index contributed by atoms with van der Waals surface area (Å²) in [5.41, 5.74) is 4.24. The van der Waals surface area contributed by atoms with Crippen LogP contribution in [0, 0.1) is 0 Å². The minimum Gasteiger partial charge on any atom is -0.481 e. The fourth-order valence-corrected chi connectivity index (χ4v) is 4.56. The van der Waals surface area contributed by atoms with Crippen LogP contribution >= 0.6 is 7.82 Å². The Hall–Kier alpha value is -3.86. The van der Waals surface area contributed by atoms with Crippen LogP contribution in [0.1, 0.15) is 13.2 Å². The number of hydrogen-bond donors (Lipinski definition) is 3. The SMILES string of the molecule is COc1cc(-c2cn(C(C)OP(=O)(O)O)c3ncc(-c4cccc(NC(=O)C=CCN(C)C)c4)cc23)ccn1. The van der Waals surface area contributed by atoms with Crippen molar-refractivity contribution in [3.05, 3.63) is 73.2 Å². The van der Waals surface area contributed by atoms with E-state index >= 15 is 0 Å². The van der Waals surface area contributed by atoms with E-state index in [-0.39, 0.29) is 5.91 Å². The maximum atomic E-state index is 12.3. The van der Waals surface area contributed by atoms with Crippen molar-refractivity contribution in [2.24, 2.45) is 0 Å². The second kappa shape index (κ2) is 11.9. The number of methoxy groups -OCH3 is 1. The van der Waals surface area contributed by atoms with Gasteiger partial charge < -0.3 is 29.3 Å². The molecule has 11 nitrogen and oxygen atoms in total. The predicted octanol–water partition coefficient (Wildman–Crippen LogP) is 4.46. The fourth-order valence-electron chi connectivity index (χ4n) is 4.07. The van der Waals surface area contributed by atoms with Crippen LogP contribution in [-0.2, 0) is 13.9 Å². The van der Waals surface area contributed by atoms with Crippen LogP contribution in [0.25, 0.3) is 33.3 Å². The van der Waals surface area contributed by atoms with E-state index in [1.165, 1.54) is 20.1 Å². The van der Waals surface area contributed by atoms with Gasteiger partial charge in [-0.2, -0.15) is 0 Å². The van der Waals surface area contributed by atoms with Crippen LogP contribution in [0.15, 0.2) is 73.2 Å². The molecule has 3 heterocycles. The monoisotopic (exact) mass is 551 g/mol. The molecule has 1 atom stereocenters. The highest BCUT2D eigenvalue weighted by atomic mass is 31.2. The highest BCUT2D eigenvalue weighted by Crippen LogP contribution is 2.42. The molecule has 0 bridgehead atoms. The zero-order valence-corrected chi connectivity index (χ0v) is 22.9. The number of rotatable bonds is 10. The first kappa shape index (κ1) is 28.2. The number of hydrogen-bond acceptors (Lipinski definition) is 7. The molecule has 4 aromatic rings. The average molecular weight is 552 g/mol. The van der Waals surface area contributed by atoms with Gasteiger partial charge in [0.2, 0.25) is 11.8 Å². The Labute approximate surface area is 226 Å². The average Bonchev–Trinajstić information content (AvgIpc) is 3.27. The van der Waals surface area contributed by atoms with E-state index in [2.05, 4.69) is 15.3 Å². The van der Waals surface area contributed by atoms with Gasteiger partial charge in [0.25, 0.3) is 0 Å². The Kier molecular flexibility index (Phi) is 8.59. The lowest BCUT2D eigenvalue weighted by Crippen LogP contribution is -2.12. The number of fused-ring (bicyclic) bond motifs is 1. The molecule has 204 valence electrons. The van der Waals surface area contributed by atoms with Gasteiger partial charge in [0.1, 0.15) is 11.9 Å². The normalized spacial score (nSPS) is 12.8. The zero-order valence-electron chi connectivity index (χ0n) is 22.0. The predicted molar refractivity (Wildman–Crippen MR) is 149 cm³/mol. The summed E-state index contributed by atoms with van der Waals surface area (Å²) in [4.78, 5) is 41.8. The fraction of sp³-hybridized carbons (Fsp3) is 0.222. The largest absolute Gasteiger partial charge is 0.481 e. The van der Waals surface area contributed by atoms with Gasteiger partial charge in [-0.05, 0) is 56.4 Å². The summed E-state index contributed by atoms with van der Waals surface area (Å²) >= 11 is 0. The third-order valence-corrected chi connectivity index (χ3v) is 6.39. The molecule has 0 fully saturated rings. The summed E-state index contributed by atoms with van der Waals surface area (Å²) in [5.74, 6) is 0.188. The highest BCUT2D eigenvalue weighted by molar-refractivity contribution is 7.46. The third-order valence-electron chi connectivity index (χ3n) is 5.81. The van der Waals surface area contributed by atoms with Gasteiger partial charge in [-0.1, -0.05) is 18.2 Å². The van der Waals surface area contributed by atoms with Crippen LogP contribution in [0.5, 0.6) is 5.88 Å². The Balaban J connectivity index is 1.75. The number of carbonyl (C=O) groups excluding carboxylic acids is 1. The number of amides is 1. The Morgan fingerprint density at radius 2 is 1.95 bits per heavy atom. The highest BCUT2D eigenvalue weighted by Gasteiger charge is 2.23. The Morgan fingerprint density at radius 3 is 2.67 bits per heavy atom. The summed E-state index contributed by atoms with van der Waals surface area (Å²) in [7, 11) is 0.621. The summed E-state index contributed by atoms with van der Waals surface area (Å²) in [6, 6.07) is 12.9. The maximum Gasteiger partial charge on any atom is 0.471 e. The molecule has 4 rings (SSSR count). The van der Waals surface area contributed by atoms with Crippen LogP contribution in [-0.4, -0.2) is 62.9 Å². The molecule has 3 N–H and O–H groups in total. The molecule has 3 aromatic heterocycles. The van der Waals surface area contributed by atoms with Gasteiger partial charge in [0, 0.05) is 59.5 Å². The number of ether oxygens (including phenoxy) is 1. The standard InChI is InChI=1S/C27H30N5O6P/c1-18(38-39(34,35)36)32-17-24(20-10-11-28-26(15-20)37-4)23-14-21(16-29-27(23)32)19-7-5-8-22(13-19)30-25(33)9-6-12-31(2)3/h5-11,13-18H,12H2,1-4H3,(H,30,33)(H2,34,35,36). The van der Waals surface area contributed by atoms with E-state index in [4.69, 9.17) is 9.26 Å². The van der Waals surface area contributed by atoms with E-state index < -0.39 is 14.1 Å². The van der Waals surface area contributed by atoms with Crippen LogP contribution in [0.3, 0.4) is 0 Å². The number of carbonyl (C=O) groups is 1. The van der Waals surface area contributed by atoms with E-state index in [0.29, 0.717) is 23.8 Å². The number of pyridine rings is 2. The van der Waals surface area contributed by atoms with Crippen LogP contribution in [0.4, 0.5) is 5.69 Å². The lowest BCUT2D eigenvalue weighted by atomic mass is 10.0. The minimum atomic E-state index is -4.75. The molecule has 1 unspecified atom stereocenters. The molecule has 0 spiro atoms. The van der Waals surface area contributed by atoms with Crippen molar-refractivity contribution in [2.75, 3.05) is 33.1 Å². The molecular weight excluding hydrogens is 521 g/mol. The van der Waals surface area contributed by atoms with Crippen molar-refractivity contribution in [1.82, 2.24) is 19.4 Å². The molecule has 0 aliphatic carbocycles. The summed E-state index contributed by atoms with van der Waals surface area (Å²) < 4.78 is 23.3. The van der Waals surface area contributed by atoms with Gasteiger partial charge in [-0.3, -0.25) is 9.32 Å². The van der Waals surface area contributed by atoms with Crippen molar-refractivity contribution >= 4 is 30.5 Å². The first-order valence-corrected chi connectivity index (χ1v) is 13.5. The lowest BCUT2D eigenvalue weighted by molar-refractivity contribution is -0.111. The molecule has 12 heteroatoms. The van der Waals surface area contributed by atoms with Gasteiger partial charge in [0.15, 0.2) is 0 Å². The number of likely N-dealkylation sites (N-methyl/N-ethyl adjacent to an activating group) is 1. The van der Waals surface area contributed by atoms with E-state index in [0.717, 1.165) is 27.6 Å². The first-order chi connectivity index (χ1) is 18.5. The van der Waals surface area contributed by atoms with Gasteiger partial charge >= 0.3 is 7.82 Å². The molecule has 1 amide bonds. The molecule has 0 saturated carbocycles. The summed E-state index contributed by atoms with van der Waals surface area (Å²) in [6.07, 6.45) is 7.30. The zero-order chi connectivity index (χ0) is 28.2. The third kappa shape index (κ3) is 7.17. The topological polar surface area (TPSA) is 139 Å². The van der Waals surface area contributed by atoms with E-state index in [1.807, 2.05) is 49.3 Å². The molecule has 0 aliphatic heterocycles. The lowest BCUT2D eigenvalue weighted by Gasteiger charge is -2.16. The first-order valence-electron chi connectivity index (χ1n) is 12.0. The van der Waals surface area contributed by atoms with Gasteiger partial charge in [-0.15, -0.1) is 0 Å². The quantitative estimate of drug-likeness (QED) is 0.193. The van der Waals surface area contributed by atoms with Crippen molar-refractivity contribution in [2.45, 2.75) is 13.2 Å². The molecule has 39 heavy (non-hydrogen) atoms. The molecule has 1 aromatic carbocycles. The maximum absolute atomic E-state index is 12.3. The number of nitrogens with zero attached hydrogens (tertiary/aromatic N) is 4. The van der Waals surface area contributed by atoms with Crippen LogP contribution < -0.4 is 10.1 Å². The number of benzene rings is 1. The van der Waals surface area contributed by atoms with Crippen LogP contribution in [0.2, 0.25) is 0 Å². The summed E-state index contributed by atoms with van der Waals surface area (Å²) in [5, 5.41) is 3.60. The Morgan fingerprint density at radius 1 is 1.15 bits per heavy atom. The minimum absolute atomic E-state index is 0.229. The summed E-state index contributed by atoms with van der Waals surface area (Å²) in [6.45, 7) is 2.19. The molecule has 0 aliphatic rings. The molecule has 0 saturated heterocycles. The van der Waals surface area contributed by atoms with Gasteiger partial charge in [0.05, 0.1) is 7.11 Å². The number of nitrogens with one attached hydrogen (secondary N) is 1. The van der Waals surface area contributed by atoms with E-state index in [9.17, 15) is 19.1 Å². The second-order valence-corrected chi connectivity index (χ2v) is 10.3. The van der Waals surface area contributed by atoms with Crippen molar-refractivity contribution in [3.63, 3.8) is 0 Å². The molecule has 0 radical (unpaired) electrons. The van der Waals surface area contributed by atoms with Crippen molar-refractivity contribution in [1.29, 1.82) is 0 Å². The van der Waals surface area contributed by atoms with Crippen molar-refractivity contribution < 1.29 is 28.4 Å². The number of aromatic nitrogens is 3. The van der Waals surface area contributed by atoms with Crippen molar-refractivity contribution in [3.8, 4) is 28.1 Å². The number of phosphoric ester groups is 1. The molecular formula is C27H30N5O6P. The van der Waals surface area contributed by atoms with E-state index in [1.54, 1.807) is 41.4 Å².